The summed E-state index contributed by atoms with van der Waals surface area (Å²) >= 11 is 0. The standard InChI is InChI=1S/C14H18FNO3/c15-12-9-11(17)7-4-8-13(12)19-14(18)16-10-5-2-1-3-6-10/h1-3,5-6,11-13,17H,4,7-9H2,(H,16,18)/t11-,12-,13-/m1/s1. The molecule has 0 unspecified atom stereocenters. The Kier molecular flexibility index (Phi) is 4.74. The second-order valence-corrected chi connectivity index (χ2v) is 4.77. The Labute approximate surface area is 111 Å². The van der Waals surface area contributed by atoms with E-state index in [9.17, 15) is 14.3 Å². The van der Waals surface area contributed by atoms with E-state index in [0.29, 0.717) is 24.9 Å². The molecule has 2 N–H and O–H groups in total. The molecule has 1 fully saturated rings. The van der Waals surface area contributed by atoms with Gasteiger partial charge in [-0.1, -0.05) is 18.2 Å². The van der Waals surface area contributed by atoms with E-state index < -0.39 is 24.5 Å². The van der Waals surface area contributed by atoms with Gasteiger partial charge in [-0.2, -0.15) is 0 Å². The number of carbonyl (C=O) groups is 1. The molecule has 1 aliphatic rings. The molecule has 19 heavy (non-hydrogen) atoms. The van der Waals surface area contributed by atoms with Crippen LogP contribution in [0.5, 0.6) is 0 Å². The van der Waals surface area contributed by atoms with Crippen LogP contribution in [0.1, 0.15) is 25.7 Å². The number of para-hydroxylation sites is 1. The van der Waals surface area contributed by atoms with Crippen molar-refractivity contribution in [1.82, 2.24) is 0 Å². The van der Waals surface area contributed by atoms with Gasteiger partial charge in [-0.15, -0.1) is 0 Å². The summed E-state index contributed by atoms with van der Waals surface area (Å²) in [6.07, 6.45) is -1.69. The number of carbonyl (C=O) groups excluding carboxylic acids is 1. The van der Waals surface area contributed by atoms with E-state index in [0.717, 1.165) is 0 Å². The van der Waals surface area contributed by atoms with Gasteiger partial charge in [0.05, 0.1) is 6.10 Å². The minimum atomic E-state index is -1.31. The summed E-state index contributed by atoms with van der Waals surface area (Å²) < 4.78 is 18.9. The van der Waals surface area contributed by atoms with Crippen LogP contribution in [0, 0.1) is 0 Å². The van der Waals surface area contributed by atoms with Crippen LogP contribution in [0.4, 0.5) is 14.9 Å². The number of hydrogen-bond acceptors (Lipinski definition) is 3. The molecule has 2 rings (SSSR count). The number of rotatable bonds is 2. The minimum Gasteiger partial charge on any atom is -0.443 e. The van der Waals surface area contributed by atoms with E-state index in [1.807, 2.05) is 6.07 Å². The van der Waals surface area contributed by atoms with Crippen LogP contribution in [-0.4, -0.2) is 29.6 Å². The van der Waals surface area contributed by atoms with Gasteiger partial charge < -0.3 is 9.84 Å². The maximum absolute atomic E-state index is 13.8. The van der Waals surface area contributed by atoms with E-state index >= 15 is 0 Å². The lowest BCUT2D eigenvalue weighted by atomic mass is 10.1. The fourth-order valence-corrected chi connectivity index (χ4v) is 2.20. The Morgan fingerprint density at radius 3 is 2.79 bits per heavy atom. The predicted molar refractivity (Wildman–Crippen MR) is 69.7 cm³/mol. The minimum absolute atomic E-state index is 0.0310. The van der Waals surface area contributed by atoms with Gasteiger partial charge in [0, 0.05) is 12.1 Å². The largest absolute Gasteiger partial charge is 0.443 e. The van der Waals surface area contributed by atoms with Crippen molar-refractivity contribution in [2.75, 3.05) is 5.32 Å². The molecular formula is C14H18FNO3. The first kappa shape index (κ1) is 13.8. The molecule has 0 radical (unpaired) electrons. The lowest BCUT2D eigenvalue weighted by molar-refractivity contribution is 0.0355. The number of ether oxygens (including phenoxy) is 1. The zero-order valence-corrected chi connectivity index (χ0v) is 10.6. The molecule has 1 aromatic rings. The van der Waals surface area contributed by atoms with Gasteiger partial charge in [-0.05, 0) is 31.4 Å². The fourth-order valence-electron chi connectivity index (χ4n) is 2.20. The first-order valence-corrected chi connectivity index (χ1v) is 6.50. The monoisotopic (exact) mass is 267 g/mol. The van der Waals surface area contributed by atoms with Crippen LogP contribution < -0.4 is 5.32 Å². The highest BCUT2D eigenvalue weighted by Crippen LogP contribution is 2.24. The highest BCUT2D eigenvalue weighted by molar-refractivity contribution is 5.84. The molecule has 3 atom stereocenters. The van der Waals surface area contributed by atoms with Gasteiger partial charge in [-0.3, -0.25) is 5.32 Å². The molecule has 0 aromatic heterocycles. The summed E-state index contributed by atoms with van der Waals surface area (Å²) in [4.78, 5) is 11.7. The molecule has 104 valence electrons. The Morgan fingerprint density at radius 2 is 2.05 bits per heavy atom. The van der Waals surface area contributed by atoms with Crippen LogP contribution in [0.2, 0.25) is 0 Å². The molecule has 0 saturated heterocycles. The highest BCUT2D eigenvalue weighted by atomic mass is 19.1. The van der Waals surface area contributed by atoms with Gasteiger partial charge >= 0.3 is 6.09 Å². The Bertz CT molecular complexity index is 412. The van der Waals surface area contributed by atoms with Gasteiger partial charge in [0.1, 0.15) is 12.3 Å². The van der Waals surface area contributed by atoms with Crippen molar-refractivity contribution in [3.63, 3.8) is 0 Å². The van der Waals surface area contributed by atoms with Crippen molar-refractivity contribution in [2.24, 2.45) is 0 Å². The number of halogens is 1. The van der Waals surface area contributed by atoms with E-state index in [-0.39, 0.29) is 6.42 Å². The van der Waals surface area contributed by atoms with Crippen LogP contribution in [0.25, 0.3) is 0 Å². The molecular weight excluding hydrogens is 249 g/mol. The van der Waals surface area contributed by atoms with Crippen molar-refractivity contribution in [1.29, 1.82) is 0 Å². The van der Waals surface area contributed by atoms with Crippen molar-refractivity contribution in [3.8, 4) is 0 Å². The second-order valence-electron chi connectivity index (χ2n) is 4.77. The summed E-state index contributed by atoms with van der Waals surface area (Å²) in [5, 5.41) is 12.0. The van der Waals surface area contributed by atoms with Gasteiger partial charge in [0.2, 0.25) is 0 Å². The topological polar surface area (TPSA) is 58.6 Å². The number of anilines is 1. The van der Waals surface area contributed by atoms with E-state index in [1.165, 1.54) is 0 Å². The van der Waals surface area contributed by atoms with Crippen LogP contribution in [-0.2, 0) is 4.74 Å². The SMILES string of the molecule is O=C(Nc1ccccc1)O[C@@H]1CCC[C@@H](O)C[C@H]1F. The van der Waals surface area contributed by atoms with Crippen molar-refractivity contribution < 1.29 is 19.0 Å². The van der Waals surface area contributed by atoms with E-state index in [2.05, 4.69) is 5.32 Å². The smallest absolute Gasteiger partial charge is 0.411 e. The quantitative estimate of drug-likeness (QED) is 0.810. The van der Waals surface area contributed by atoms with Gasteiger partial charge in [0.25, 0.3) is 0 Å². The lowest BCUT2D eigenvalue weighted by Gasteiger charge is -2.19. The van der Waals surface area contributed by atoms with Gasteiger partial charge in [0.15, 0.2) is 0 Å². The molecule has 1 amide bonds. The molecule has 0 aliphatic heterocycles. The Hall–Kier alpha value is -1.62. The maximum Gasteiger partial charge on any atom is 0.411 e. The first-order chi connectivity index (χ1) is 9.15. The first-order valence-electron chi connectivity index (χ1n) is 6.50. The molecule has 0 spiro atoms. The molecule has 5 heteroatoms. The zero-order valence-electron chi connectivity index (χ0n) is 10.6. The number of aliphatic hydroxyl groups excluding tert-OH is 1. The summed E-state index contributed by atoms with van der Waals surface area (Å²) in [6, 6.07) is 8.86. The lowest BCUT2D eigenvalue weighted by Crippen LogP contribution is -2.30. The van der Waals surface area contributed by atoms with Crippen molar-refractivity contribution in [2.45, 2.75) is 44.1 Å². The number of aliphatic hydroxyl groups is 1. The van der Waals surface area contributed by atoms with Crippen LogP contribution in [0.15, 0.2) is 30.3 Å². The van der Waals surface area contributed by atoms with Crippen LogP contribution in [0.3, 0.4) is 0 Å². The Morgan fingerprint density at radius 1 is 1.32 bits per heavy atom. The third-order valence-electron chi connectivity index (χ3n) is 3.21. The number of nitrogens with one attached hydrogen (secondary N) is 1. The summed E-state index contributed by atoms with van der Waals surface area (Å²) in [5.41, 5.74) is 0.608. The fraction of sp³-hybridized carbons (Fsp3) is 0.500. The molecule has 4 nitrogen and oxygen atoms in total. The van der Waals surface area contributed by atoms with Crippen molar-refractivity contribution in [3.05, 3.63) is 30.3 Å². The number of benzene rings is 1. The predicted octanol–water partition coefficient (Wildman–Crippen LogP) is 2.88. The van der Waals surface area contributed by atoms with E-state index in [4.69, 9.17) is 4.74 Å². The maximum atomic E-state index is 13.8. The third kappa shape index (κ3) is 4.21. The Balaban J connectivity index is 1.87. The second kappa shape index (κ2) is 6.52. The average molecular weight is 267 g/mol. The summed E-state index contributed by atoms with van der Waals surface area (Å²) in [5.74, 6) is 0. The number of alkyl halides is 1. The van der Waals surface area contributed by atoms with Crippen molar-refractivity contribution >= 4 is 11.8 Å². The number of hydrogen-bond donors (Lipinski definition) is 2. The average Bonchev–Trinajstić information content (AvgIpc) is 2.52. The highest BCUT2D eigenvalue weighted by Gasteiger charge is 2.30. The normalized spacial score (nSPS) is 27.4. The molecule has 1 saturated carbocycles. The number of amides is 1. The molecule has 1 aromatic carbocycles. The van der Waals surface area contributed by atoms with Crippen LogP contribution >= 0.6 is 0 Å². The van der Waals surface area contributed by atoms with Gasteiger partial charge in [-0.25, -0.2) is 9.18 Å². The zero-order chi connectivity index (χ0) is 13.7. The summed E-state index contributed by atoms with van der Waals surface area (Å²) in [6.45, 7) is 0. The molecule has 0 heterocycles. The summed E-state index contributed by atoms with van der Waals surface area (Å²) in [7, 11) is 0. The van der Waals surface area contributed by atoms with E-state index in [1.54, 1.807) is 24.3 Å². The molecule has 1 aliphatic carbocycles. The third-order valence-corrected chi connectivity index (χ3v) is 3.21. The molecule has 0 bridgehead atoms.